The van der Waals surface area contributed by atoms with E-state index in [2.05, 4.69) is 13.8 Å². The van der Waals surface area contributed by atoms with E-state index in [0.717, 1.165) is 17.7 Å². The van der Waals surface area contributed by atoms with Gasteiger partial charge in [0.15, 0.2) is 5.78 Å². The van der Waals surface area contributed by atoms with Crippen LogP contribution in [0.25, 0.3) is 0 Å². The maximum absolute atomic E-state index is 11.8. The molecule has 0 aromatic heterocycles. The van der Waals surface area contributed by atoms with Crippen molar-refractivity contribution in [2.75, 3.05) is 18.1 Å². The second-order valence-electron chi connectivity index (χ2n) is 6.01. The largest absolute Gasteiger partial charge is 0.465 e. The summed E-state index contributed by atoms with van der Waals surface area (Å²) in [5.41, 5.74) is 7.13. The Balaban J connectivity index is 2.34. The predicted molar refractivity (Wildman–Crippen MR) is 100 cm³/mol. The number of ketones is 1. The normalized spacial score (nSPS) is 12.0. The minimum absolute atomic E-state index is 0.00428. The Bertz CT molecular complexity index is 545. The van der Waals surface area contributed by atoms with E-state index in [9.17, 15) is 9.59 Å². The van der Waals surface area contributed by atoms with Crippen molar-refractivity contribution in [3.63, 3.8) is 0 Å². The van der Waals surface area contributed by atoms with Gasteiger partial charge in [0.1, 0.15) is 0 Å². The van der Waals surface area contributed by atoms with Gasteiger partial charge in [-0.2, -0.15) is 0 Å². The first-order chi connectivity index (χ1) is 11.5. The summed E-state index contributed by atoms with van der Waals surface area (Å²) in [6, 6.07) is 5.28. The fourth-order valence-corrected chi connectivity index (χ4v) is 3.20. The zero-order valence-corrected chi connectivity index (χ0v) is 15.8. The number of rotatable bonds is 11. The van der Waals surface area contributed by atoms with Crippen LogP contribution in [-0.4, -0.2) is 24.1 Å². The fraction of sp³-hybridized carbons (Fsp3) is 0.579. The third-order valence-electron chi connectivity index (χ3n) is 4.00. The van der Waals surface area contributed by atoms with Gasteiger partial charge in [0.2, 0.25) is 0 Å². The quantitative estimate of drug-likeness (QED) is 0.270. The van der Waals surface area contributed by atoms with Crippen molar-refractivity contribution in [2.24, 2.45) is 5.92 Å². The van der Waals surface area contributed by atoms with Gasteiger partial charge in [0, 0.05) is 21.9 Å². The van der Waals surface area contributed by atoms with Crippen LogP contribution in [0.3, 0.4) is 0 Å². The lowest BCUT2D eigenvalue weighted by atomic mass is 10.0. The van der Waals surface area contributed by atoms with E-state index in [0.29, 0.717) is 35.9 Å². The Hall–Kier alpha value is -1.49. The second kappa shape index (κ2) is 11.1. The van der Waals surface area contributed by atoms with Gasteiger partial charge in [-0.15, -0.1) is 11.8 Å². The van der Waals surface area contributed by atoms with E-state index < -0.39 is 0 Å². The number of Topliss-reactive ketones (excluding diaryl/α,β-unsaturated/α-hetero) is 1. The first kappa shape index (κ1) is 20.6. The molecule has 0 bridgehead atoms. The van der Waals surface area contributed by atoms with Crippen molar-refractivity contribution in [3.8, 4) is 0 Å². The molecule has 0 heterocycles. The van der Waals surface area contributed by atoms with Crippen molar-refractivity contribution < 1.29 is 14.3 Å². The van der Waals surface area contributed by atoms with E-state index in [1.165, 1.54) is 31.5 Å². The number of ether oxygens (including phenoxy) is 1. The summed E-state index contributed by atoms with van der Waals surface area (Å²) in [5, 5.41) is 0. The summed E-state index contributed by atoms with van der Waals surface area (Å²) in [4.78, 5) is 24.0. The molecule has 1 atom stereocenters. The SMILES string of the molecule is CCCC[C@H](CC)COC(=O)CCSc1ccc(C(C)=O)cc1N. The lowest BCUT2D eigenvalue weighted by molar-refractivity contribution is -0.144. The molecule has 2 N–H and O–H groups in total. The number of nitrogen functional groups attached to an aromatic ring is 1. The number of nitrogens with two attached hydrogens (primary N) is 1. The van der Waals surface area contributed by atoms with Crippen LogP contribution in [0.5, 0.6) is 0 Å². The molecule has 0 aliphatic heterocycles. The molecule has 0 aliphatic carbocycles. The Kier molecular flexibility index (Phi) is 9.53. The highest BCUT2D eigenvalue weighted by Crippen LogP contribution is 2.26. The minimum Gasteiger partial charge on any atom is -0.465 e. The van der Waals surface area contributed by atoms with E-state index in [1.54, 1.807) is 12.1 Å². The van der Waals surface area contributed by atoms with E-state index in [1.807, 2.05) is 6.07 Å². The Morgan fingerprint density at radius 1 is 1.29 bits per heavy atom. The second-order valence-corrected chi connectivity index (χ2v) is 7.14. The Morgan fingerprint density at radius 2 is 2.04 bits per heavy atom. The average molecular weight is 352 g/mol. The molecule has 0 spiro atoms. The lowest BCUT2D eigenvalue weighted by Crippen LogP contribution is -2.14. The van der Waals surface area contributed by atoms with Gasteiger partial charge in [-0.25, -0.2) is 0 Å². The molecule has 1 rings (SSSR count). The molecule has 1 aromatic rings. The molecule has 24 heavy (non-hydrogen) atoms. The van der Waals surface area contributed by atoms with Crippen molar-refractivity contribution in [2.45, 2.75) is 57.8 Å². The molecule has 0 saturated heterocycles. The van der Waals surface area contributed by atoms with Crippen LogP contribution >= 0.6 is 11.8 Å². The first-order valence-electron chi connectivity index (χ1n) is 8.66. The van der Waals surface area contributed by atoms with Crippen LogP contribution in [0, 0.1) is 5.92 Å². The highest BCUT2D eigenvalue weighted by molar-refractivity contribution is 7.99. The van der Waals surface area contributed by atoms with Crippen molar-refractivity contribution in [1.82, 2.24) is 0 Å². The minimum atomic E-state index is -0.156. The number of benzene rings is 1. The fourth-order valence-electron chi connectivity index (χ4n) is 2.32. The van der Waals surface area contributed by atoms with Gasteiger partial charge < -0.3 is 10.5 Å². The zero-order valence-electron chi connectivity index (χ0n) is 15.0. The van der Waals surface area contributed by atoms with Crippen molar-refractivity contribution in [1.29, 1.82) is 0 Å². The Labute approximate surface area is 149 Å². The number of hydrogen-bond acceptors (Lipinski definition) is 5. The van der Waals surface area contributed by atoms with Crippen LogP contribution in [0.15, 0.2) is 23.1 Å². The molecule has 0 fully saturated rings. The molecular weight excluding hydrogens is 322 g/mol. The molecule has 0 saturated carbocycles. The highest BCUT2D eigenvalue weighted by Gasteiger charge is 2.11. The third-order valence-corrected chi connectivity index (χ3v) is 5.09. The van der Waals surface area contributed by atoms with Crippen molar-refractivity contribution in [3.05, 3.63) is 23.8 Å². The molecule has 0 unspecified atom stereocenters. The summed E-state index contributed by atoms with van der Waals surface area (Å²) < 4.78 is 5.38. The summed E-state index contributed by atoms with van der Waals surface area (Å²) in [6.45, 7) is 6.35. The monoisotopic (exact) mass is 351 g/mol. The number of carbonyl (C=O) groups excluding carboxylic acids is 2. The first-order valence-corrected chi connectivity index (χ1v) is 9.65. The number of anilines is 1. The summed E-state index contributed by atoms with van der Waals surface area (Å²) in [6.07, 6.45) is 4.88. The zero-order chi connectivity index (χ0) is 17.9. The lowest BCUT2D eigenvalue weighted by Gasteiger charge is -2.14. The van der Waals surface area contributed by atoms with Gasteiger partial charge in [0.05, 0.1) is 13.0 Å². The standard InChI is InChI=1S/C19H29NO3S/c1-4-6-7-15(5-2)13-23-19(22)10-11-24-18-9-8-16(14(3)21)12-17(18)20/h8-9,12,15H,4-7,10-11,13,20H2,1-3H3/t15-/m0/s1. The van der Waals surface area contributed by atoms with Gasteiger partial charge in [-0.05, 0) is 31.4 Å². The summed E-state index contributed by atoms with van der Waals surface area (Å²) >= 11 is 1.51. The maximum atomic E-state index is 11.8. The highest BCUT2D eigenvalue weighted by atomic mass is 32.2. The van der Waals surface area contributed by atoms with E-state index in [4.69, 9.17) is 10.5 Å². The van der Waals surface area contributed by atoms with Crippen LogP contribution in [0.1, 0.15) is 63.2 Å². The molecule has 5 heteroatoms. The molecule has 0 aliphatic rings. The number of thioether (sulfide) groups is 1. The van der Waals surface area contributed by atoms with Crippen LogP contribution in [0.2, 0.25) is 0 Å². The topological polar surface area (TPSA) is 69.4 Å². The van der Waals surface area contributed by atoms with Crippen LogP contribution in [-0.2, 0) is 9.53 Å². The number of unbranched alkanes of at least 4 members (excludes halogenated alkanes) is 1. The molecule has 4 nitrogen and oxygen atoms in total. The van der Waals surface area contributed by atoms with Crippen LogP contribution < -0.4 is 5.73 Å². The molecule has 0 radical (unpaired) electrons. The molecular formula is C19H29NO3S. The molecule has 0 amide bonds. The number of carbonyl (C=O) groups is 2. The van der Waals surface area contributed by atoms with E-state index in [-0.39, 0.29) is 11.8 Å². The Morgan fingerprint density at radius 3 is 2.62 bits per heavy atom. The number of hydrogen-bond donors (Lipinski definition) is 1. The summed E-state index contributed by atoms with van der Waals surface area (Å²) in [7, 11) is 0. The maximum Gasteiger partial charge on any atom is 0.306 e. The van der Waals surface area contributed by atoms with Crippen LogP contribution in [0.4, 0.5) is 5.69 Å². The number of esters is 1. The van der Waals surface area contributed by atoms with Crippen molar-refractivity contribution >= 4 is 29.2 Å². The smallest absolute Gasteiger partial charge is 0.306 e. The van der Waals surface area contributed by atoms with Gasteiger partial charge >= 0.3 is 5.97 Å². The molecule has 134 valence electrons. The van der Waals surface area contributed by atoms with Gasteiger partial charge in [-0.3, -0.25) is 9.59 Å². The average Bonchev–Trinajstić information content (AvgIpc) is 2.56. The predicted octanol–water partition coefficient (Wildman–Crippen LogP) is 4.71. The van der Waals surface area contributed by atoms with Gasteiger partial charge in [0.25, 0.3) is 0 Å². The van der Waals surface area contributed by atoms with Gasteiger partial charge in [-0.1, -0.05) is 39.2 Å². The van der Waals surface area contributed by atoms with E-state index >= 15 is 0 Å². The molecule has 1 aromatic carbocycles. The third kappa shape index (κ3) is 7.39. The summed E-state index contributed by atoms with van der Waals surface area (Å²) in [5.74, 6) is 0.928.